The molecule has 0 bridgehead atoms. The first-order chi connectivity index (χ1) is 10.1. The summed E-state index contributed by atoms with van der Waals surface area (Å²) in [4.78, 5) is 24.3. The van der Waals surface area contributed by atoms with Crippen LogP contribution in [0.4, 0.5) is 0 Å². The van der Waals surface area contributed by atoms with Crippen LogP contribution in [0.15, 0.2) is 35.2 Å². The average molecular weight is 326 g/mol. The van der Waals surface area contributed by atoms with Gasteiger partial charge in [0.25, 0.3) is 0 Å². The molecule has 0 radical (unpaired) electrons. The zero-order chi connectivity index (χ0) is 15.0. The molecule has 6 heteroatoms. The molecule has 2 aliphatic rings. The number of nitrogens with one attached hydrogen (secondary N) is 1. The zero-order valence-corrected chi connectivity index (χ0v) is 13.1. The van der Waals surface area contributed by atoms with Gasteiger partial charge in [0.15, 0.2) is 0 Å². The van der Waals surface area contributed by atoms with E-state index in [1.807, 2.05) is 30.3 Å². The summed E-state index contributed by atoms with van der Waals surface area (Å²) in [5.74, 6) is -0.601. The predicted molar refractivity (Wildman–Crippen MR) is 81.3 cm³/mol. The topological polar surface area (TPSA) is 55.4 Å². The number of hydrogen-bond donors (Lipinski definition) is 1. The van der Waals surface area contributed by atoms with Crippen LogP contribution in [-0.2, 0) is 14.3 Å². The van der Waals surface area contributed by atoms with Crippen molar-refractivity contribution < 1.29 is 14.3 Å². The maximum atomic E-state index is 11.9. The lowest BCUT2D eigenvalue weighted by atomic mass is 9.99. The summed E-state index contributed by atoms with van der Waals surface area (Å²) in [5.41, 5.74) is 0. The van der Waals surface area contributed by atoms with Crippen LogP contribution in [0.25, 0.3) is 0 Å². The smallest absolute Gasteiger partial charge is 0.329 e. The molecule has 1 N–H and O–H groups in total. The Morgan fingerprint density at radius 2 is 2.10 bits per heavy atom. The molecule has 1 aromatic carbocycles. The van der Waals surface area contributed by atoms with Crippen molar-refractivity contribution in [3.63, 3.8) is 0 Å². The van der Waals surface area contributed by atoms with E-state index in [-0.39, 0.29) is 34.5 Å². The van der Waals surface area contributed by atoms with Crippen molar-refractivity contribution in [2.24, 2.45) is 5.92 Å². The third kappa shape index (κ3) is 2.90. The fourth-order valence-corrected chi connectivity index (χ4v) is 4.80. The third-order valence-electron chi connectivity index (χ3n) is 3.91. The maximum Gasteiger partial charge on any atom is 0.329 e. The molecule has 1 aromatic rings. The molecule has 1 amide bonds. The summed E-state index contributed by atoms with van der Waals surface area (Å²) in [6.45, 7) is 1.41. The fraction of sp³-hybridized carbons (Fsp3) is 0.467. The van der Waals surface area contributed by atoms with Gasteiger partial charge in [0, 0.05) is 23.1 Å². The van der Waals surface area contributed by atoms with E-state index < -0.39 is 6.04 Å². The summed E-state index contributed by atoms with van der Waals surface area (Å²) in [6, 6.07) is 9.38. The lowest BCUT2D eigenvalue weighted by molar-refractivity contribution is -0.144. The number of ether oxygens (including phenoxy) is 1. The molecule has 0 unspecified atom stereocenters. The molecule has 0 aromatic heterocycles. The van der Waals surface area contributed by atoms with E-state index in [0.29, 0.717) is 6.42 Å². The van der Waals surface area contributed by atoms with Gasteiger partial charge in [-0.05, 0) is 18.6 Å². The second-order valence-corrected chi connectivity index (χ2v) is 7.20. The largest absolute Gasteiger partial charge is 0.459 e. The molecular formula is C15H16ClNO3S. The lowest BCUT2D eigenvalue weighted by Crippen LogP contribution is -2.41. The van der Waals surface area contributed by atoms with Crippen molar-refractivity contribution in [3.8, 4) is 0 Å². The number of carbonyl (C=O) groups excluding carboxylic acids is 2. The highest BCUT2D eigenvalue weighted by Crippen LogP contribution is 2.46. The molecule has 0 spiro atoms. The minimum atomic E-state index is -0.560. The molecule has 1 aliphatic carbocycles. The lowest BCUT2D eigenvalue weighted by Gasteiger charge is -2.19. The summed E-state index contributed by atoms with van der Waals surface area (Å²) < 4.78 is 5.50. The zero-order valence-electron chi connectivity index (χ0n) is 11.5. The average Bonchev–Trinajstić information content (AvgIpc) is 2.89. The third-order valence-corrected chi connectivity index (χ3v) is 5.92. The van der Waals surface area contributed by atoms with Crippen molar-refractivity contribution in [2.75, 3.05) is 0 Å². The number of thioether (sulfide) groups is 1. The minimum absolute atomic E-state index is 0.0155. The van der Waals surface area contributed by atoms with Gasteiger partial charge in [0.1, 0.15) is 12.1 Å². The summed E-state index contributed by atoms with van der Waals surface area (Å²) in [7, 11) is 0. The molecule has 4 nitrogen and oxygen atoms in total. The maximum absolute atomic E-state index is 11.9. The van der Waals surface area contributed by atoms with Crippen LogP contribution in [0, 0.1) is 5.92 Å². The van der Waals surface area contributed by atoms with Crippen molar-refractivity contribution in [1.29, 1.82) is 0 Å². The molecule has 1 aliphatic heterocycles. The van der Waals surface area contributed by atoms with E-state index in [2.05, 4.69) is 5.32 Å². The quantitative estimate of drug-likeness (QED) is 0.684. The van der Waals surface area contributed by atoms with Crippen LogP contribution in [0.5, 0.6) is 0 Å². The van der Waals surface area contributed by atoms with E-state index in [4.69, 9.17) is 16.3 Å². The van der Waals surface area contributed by atoms with Gasteiger partial charge < -0.3 is 10.1 Å². The van der Waals surface area contributed by atoms with Gasteiger partial charge in [-0.15, -0.1) is 23.4 Å². The number of benzene rings is 1. The number of esters is 1. The SMILES string of the molecule is CC(=O)N[C@H]1C(=O)O[C@@H]2[C@H]1C[C@H](Cl)[C@H]2Sc1ccccc1. The van der Waals surface area contributed by atoms with Crippen LogP contribution >= 0.6 is 23.4 Å². The monoisotopic (exact) mass is 325 g/mol. The Hall–Kier alpha value is -1.20. The Balaban J connectivity index is 1.76. The van der Waals surface area contributed by atoms with E-state index in [1.54, 1.807) is 11.8 Å². The van der Waals surface area contributed by atoms with Crippen molar-refractivity contribution in [3.05, 3.63) is 30.3 Å². The molecule has 5 atom stereocenters. The van der Waals surface area contributed by atoms with Crippen molar-refractivity contribution >= 4 is 35.2 Å². The molecule has 1 saturated heterocycles. The molecule has 1 saturated carbocycles. The number of alkyl halides is 1. The standard InChI is InChI=1S/C15H16ClNO3S/c1-8(18)17-12-10-7-11(16)14(13(10)20-15(12)19)21-9-5-3-2-4-6-9/h2-6,10-14H,7H2,1H3,(H,17,18)/t10-,11-,12+,13+,14+/m0/s1. The first kappa shape index (κ1) is 14.7. The first-order valence-corrected chi connectivity index (χ1v) is 8.21. The Kier molecular flexibility index (Phi) is 4.13. The van der Waals surface area contributed by atoms with Crippen molar-refractivity contribution in [2.45, 2.75) is 41.0 Å². The first-order valence-electron chi connectivity index (χ1n) is 6.89. The van der Waals surface area contributed by atoms with Crippen molar-refractivity contribution in [1.82, 2.24) is 5.32 Å². The van der Waals surface area contributed by atoms with Gasteiger partial charge in [-0.25, -0.2) is 4.79 Å². The highest BCUT2D eigenvalue weighted by atomic mass is 35.5. The van der Waals surface area contributed by atoms with Crippen LogP contribution in [-0.4, -0.2) is 34.6 Å². The minimum Gasteiger partial charge on any atom is -0.459 e. The molecule has 21 heavy (non-hydrogen) atoms. The number of hydrogen-bond acceptors (Lipinski definition) is 4. The van der Waals surface area contributed by atoms with Crippen LogP contribution in [0.3, 0.4) is 0 Å². The molecule has 3 rings (SSSR count). The highest BCUT2D eigenvalue weighted by molar-refractivity contribution is 8.00. The predicted octanol–water partition coefficient (Wildman–Crippen LogP) is 2.20. The number of halogens is 1. The summed E-state index contributed by atoms with van der Waals surface area (Å²) in [6.07, 6.45) is 0.440. The van der Waals surface area contributed by atoms with Gasteiger partial charge in [-0.2, -0.15) is 0 Å². The van der Waals surface area contributed by atoms with Gasteiger partial charge in [0.05, 0.1) is 5.25 Å². The molecule has 1 heterocycles. The Bertz CT molecular complexity index is 553. The normalized spacial score (nSPS) is 34.4. The molecular weight excluding hydrogens is 310 g/mol. The number of amides is 1. The Morgan fingerprint density at radius 1 is 1.38 bits per heavy atom. The van der Waals surface area contributed by atoms with E-state index in [0.717, 1.165) is 4.90 Å². The Morgan fingerprint density at radius 3 is 2.76 bits per heavy atom. The van der Waals surface area contributed by atoms with Crippen LogP contribution < -0.4 is 5.32 Å². The summed E-state index contributed by atoms with van der Waals surface area (Å²) >= 11 is 8.09. The van der Waals surface area contributed by atoms with E-state index >= 15 is 0 Å². The van der Waals surface area contributed by atoms with Gasteiger partial charge in [-0.3, -0.25) is 4.79 Å². The number of rotatable bonds is 3. The summed E-state index contributed by atoms with van der Waals surface area (Å²) in [5, 5.41) is 2.63. The number of fused-ring (bicyclic) bond motifs is 1. The number of carbonyl (C=O) groups is 2. The molecule has 112 valence electrons. The van der Waals surface area contributed by atoms with Crippen LogP contribution in [0.2, 0.25) is 0 Å². The van der Waals surface area contributed by atoms with Gasteiger partial charge in [-0.1, -0.05) is 18.2 Å². The van der Waals surface area contributed by atoms with Gasteiger partial charge in [0.2, 0.25) is 5.91 Å². The van der Waals surface area contributed by atoms with Crippen LogP contribution in [0.1, 0.15) is 13.3 Å². The Labute approximate surface area is 132 Å². The van der Waals surface area contributed by atoms with E-state index in [9.17, 15) is 9.59 Å². The second kappa shape index (κ2) is 5.89. The highest BCUT2D eigenvalue weighted by Gasteiger charge is 2.55. The second-order valence-electron chi connectivity index (χ2n) is 5.39. The fourth-order valence-electron chi connectivity index (χ4n) is 3.02. The van der Waals surface area contributed by atoms with Gasteiger partial charge >= 0.3 is 5.97 Å². The van der Waals surface area contributed by atoms with E-state index in [1.165, 1.54) is 6.92 Å². The molecule has 2 fully saturated rings.